The lowest BCUT2D eigenvalue weighted by Gasteiger charge is -2.05. The predicted octanol–water partition coefficient (Wildman–Crippen LogP) is 5.29. The van der Waals surface area contributed by atoms with Gasteiger partial charge in [0, 0.05) is 11.6 Å². The van der Waals surface area contributed by atoms with E-state index in [1.807, 2.05) is 18.2 Å². The molecular weight excluding hydrogens is 339 g/mol. The molecule has 0 spiro atoms. The number of carbonyl (C=O) groups excluding carboxylic acids is 1. The van der Waals surface area contributed by atoms with Crippen molar-refractivity contribution in [1.82, 2.24) is 0 Å². The van der Waals surface area contributed by atoms with E-state index in [4.69, 9.17) is 32.4 Å². The summed E-state index contributed by atoms with van der Waals surface area (Å²) in [5.41, 5.74) is 1.17. The van der Waals surface area contributed by atoms with Gasteiger partial charge in [-0.15, -0.1) is 0 Å². The van der Waals surface area contributed by atoms with Crippen molar-refractivity contribution in [3.05, 3.63) is 52.0 Å². The van der Waals surface area contributed by atoms with Crippen molar-refractivity contribution in [2.45, 2.75) is 6.92 Å². The lowest BCUT2D eigenvalue weighted by Crippen LogP contribution is -2.05. The number of ether oxygens (including phenoxy) is 1. The molecule has 0 atom stereocenters. The summed E-state index contributed by atoms with van der Waals surface area (Å²) in [6.45, 7) is 1.91. The van der Waals surface area contributed by atoms with E-state index in [2.05, 4.69) is 0 Å². The zero-order chi connectivity index (χ0) is 16.6. The van der Waals surface area contributed by atoms with Gasteiger partial charge in [0.1, 0.15) is 16.9 Å². The molecule has 2 aromatic carbocycles. The number of phenols is 1. The van der Waals surface area contributed by atoms with Crippen molar-refractivity contribution < 1.29 is 19.1 Å². The molecule has 0 aliphatic rings. The van der Waals surface area contributed by atoms with E-state index in [1.165, 1.54) is 6.07 Å². The summed E-state index contributed by atoms with van der Waals surface area (Å²) in [7, 11) is 0. The summed E-state index contributed by atoms with van der Waals surface area (Å²) in [6.07, 6.45) is 0. The van der Waals surface area contributed by atoms with E-state index in [0.717, 1.165) is 0 Å². The van der Waals surface area contributed by atoms with Crippen molar-refractivity contribution >= 4 is 40.1 Å². The van der Waals surface area contributed by atoms with Gasteiger partial charge >= 0.3 is 5.97 Å². The van der Waals surface area contributed by atoms with Gasteiger partial charge < -0.3 is 14.3 Å². The van der Waals surface area contributed by atoms with Gasteiger partial charge in [-0.05, 0) is 6.92 Å². The highest BCUT2D eigenvalue weighted by molar-refractivity contribution is 6.42. The molecule has 0 unspecified atom stereocenters. The number of rotatable bonds is 3. The summed E-state index contributed by atoms with van der Waals surface area (Å²) in [5, 5.41) is 10.3. The van der Waals surface area contributed by atoms with Crippen LogP contribution in [0.3, 0.4) is 0 Å². The topological polar surface area (TPSA) is 59.7 Å². The predicted molar refractivity (Wildman–Crippen MR) is 89.3 cm³/mol. The van der Waals surface area contributed by atoms with E-state index in [0.29, 0.717) is 16.9 Å². The number of hydrogen-bond acceptors (Lipinski definition) is 4. The van der Waals surface area contributed by atoms with Crippen LogP contribution in [0, 0.1) is 0 Å². The number of halogens is 2. The summed E-state index contributed by atoms with van der Waals surface area (Å²) in [4.78, 5) is 12.4. The molecule has 23 heavy (non-hydrogen) atoms. The first-order chi connectivity index (χ1) is 11.0. The van der Waals surface area contributed by atoms with Crippen molar-refractivity contribution in [2.24, 2.45) is 0 Å². The number of aromatic hydroxyl groups is 1. The maximum absolute atomic E-state index is 12.4. The van der Waals surface area contributed by atoms with Crippen molar-refractivity contribution in [2.75, 3.05) is 6.61 Å². The van der Waals surface area contributed by atoms with Gasteiger partial charge in [-0.1, -0.05) is 53.5 Å². The largest absolute Gasteiger partial charge is 0.505 e. The van der Waals surface area contributed by atoms with E-state index in [9.17, 15) is 9.90 Å². The third kappa shape index (κ3) is 2.64. The fourth-order valence-corrected chi connectivity index (χ4v) is 2.90. The molecule has 1 N–H and O–H groups in total. The molecule has 0 aliphatic carbocycles. The number of fused-ring (bicyclic) bond motifs is 1. The van der Waals surface area contributed by atoms with Crippen LogP contribution in [0.15, 0.2) is 40.8 Å². The fraction of sp³-hybridized carbons (Fsp3) is 0.118. The molecule has 0 radical (unpaired) electrons. The molecule has 0 saturated carbocycles. The van der Waals surface area contributed by atoms with E-state index in [-0.39, 0.29) is 33.4 Å². The summed E-state index contributed by atoms with van der Waals surface area (Å²) >= 11 is 12.1. The fourth-order valence-electron chi connectivity index (χ4n) is 2.37. The second-order valence-corrected chi connectivity index (χ2v) is 5.57. The zero-order valence-electron chi connectivity index (χ0n) is 12.1. The summed E-state index contributed by atoms with van der Waals surface area (Å²) < 4.78 is 10.9. The molecule has 0 saturated heterocycles. The van der Waals surface area contributed by atoms with E-state index < -0.39 is 5.97 Å². The minimum absolute atomic E-state index is 0.0403. The van der Waals surface area contributed by atoms with Crippen LogP contribution in [0.25, 0.3) is 22.3 Å². The van der Waals surface area contributed by atoms with Gasteiger partial charge in [0.05, 0.1) is 22.0 Å². The monoisotopic (exact) mass is 350 g/mol. The normalized spacial score (nSPS) is 10.9. The Kier molecular flexibility index (Phi) is 4.20. The number of hydrogen-bond donors (Lipinski definition) is 1. The second-order valence-electron chi connectivity index (χ2n) is 4.79. The van der Waals surface area contributed by atoms with Gasteiger partial charge in [-0.3, -0.25) is 0 Å². The number of benzene rings is 2. The van der Waals surface area contributed by atoms with Crippen LogP contribution in [-0.4, -0.2) is 17.7 Å². The lowest BCUT2D eigenvalue weighted by atomic mass is 10.1. The Morgan fingerprint density at radius 1 is 1.26 bits per heavy atom. The van der Waals surface area contributed by atoms with E-state index >= 15 is 0 Å². The maximum atomic E-state index is 12.4. The molecule has 118 valence electrons. The van der Waals surface area contributed by atoms with Crippen LogP contribution in [0.2, 0.25) is 10.0 Å². The Bertz CT molecular complexity index is 885. The van der Waals surface area contributed by atoms with Crippen molar-refractivity contribution in [3.8, 4) is 17.1 Å². The molecule has 0 bridgehead atoms. The highest BCUT2D eigenvalue weighted by atomic mass is 35.5. The Morgan fingerprint density at radius 3 is 2.61 bits per heavy atom. The Morgan fingerprint density at radius 2 is 1.96 bits per heavy atom. The minimum Gasteiger partial charge on any atom is -0.505 e. The molecule has 1 aromatic heterocycles. The van der Waals surface area contributed by atoms with Crippen LogP contribution in [0.1, 0.15) is 17.3 Å². The van der Waals surface area contributed by atoms with Gasteiger partial charge in [-0.2, -0.15) is 0 Å². The third-order valence-corrected chi connectivity index (χ3v) is 4.02. The maximum Gasteiger partial charge on any atom is 0.342 e. The molecular formula is C17H12Cl2O4. The molecule has 3 rings (SSSR count). The zero-order valence-corrected chi connectivity index (χ0v) is 13.6. The number of carbonyl (C=O) groups is 1. The first-order valence-corrected chi connectivity index (χ1v) is 7.66. The SMILES string of the molecule is CCOC(=O)c1c(-c2ccccc2)oc2cc(Cl)c(O)c(Cl)c12. The van der Waals surface area contributed by atoms with Crippen LogP contribution in [0.5, 0.6) is 5.75 Å². The van der Waals surface area contributed by atoms with Gasteiger partial charge in [0.2, 0.25) is 0 Å². The van der Waals surface area contributed by atoms with Gasteiger partial charge in [0.25, 0.3) is 0 Å². The number of esters is 1. The minimum atomic E-state index is -0.575. The molecule has 6 heteroatoms. The van der Waals surface area contributed by atoms with Crippen LogP contribution in [0.4, 0.5) is 0 Å². The lowest BCUT2D eigenvalue weighted by molar-refractivity contribution is 0.0529. The third-order valence-electron chi connectivity index (χ3n) is 3.36. The molecule has 3 aromatic rings. The smallest absolute Gasteiger partial charge is 0.342 e. The summed E-state index contributed by atoms with van der Waals surface area (Å²) in [6, 6.07) is 10.5. The average molecular weight is 351 g/mol. The highest BCUT2D eigenvalue weighted by Gasteiger charge is 2.27. The molecule has 0 fully saturated rings. The quantitative estimate of drug-likeness (QED) is 0.652. The van der Waals surface area contributed by atoms with Crippen molar-refractivity contribution in [3.63, 3.8) is 0 Å². The molecule has 0 amide bonds. The second kappa shape index (κ2) is 6.14. The Labute approximate surface area is 142 Å². The summed E-state index contributed by atoms with van der Waals surface area (Å²) in [5.74, 6) is -0.553. The Balaban J connectivity index is 2.38. The standard InChI is InChI=1S/C17H12Cl2O4/c1-2-22-17(21)13-12-11(8-10(18)15(20)14(12)19)23-16(13)9-6-4-3-5-7-9/h3-8,20H,2H2,1H3. The molecule has 1 heterocycles. The first-order valence-electron chi connectivity index (χ1n) is 6.90. The van der Waals surface area contributed by atoms with Crippen LogP contribution >= 0.6 is 23.2 Å². The van der Waals surface area contributed by atoms with E-state index in [1.54, 1.807) is 19.1 Å². The molecule has 4 nitrogen and oxygen atoms in total. The number of furan rings is 1. The average Bonchev–Trinajstić information content (AvgIpc) is 2.93. The van der Waals surface area contributed by atoms with Gasteiger partial charge in [-0.25, -0.2) is 4.79 Å². The highest BCUT2D eigenvalue weighted by Crippen LogP contribution is 2.44. The van der Waals surface area contributed by atoms with Gasteiger partial charge in [0.15, 0.2) is 5.75 Å². The van der Waals surface area contributed by atoms with Crippen LogP contribution in [-0.2, 0) is 4.74 Å². The molecule has 0 aliphatic heterocycles. The van der Waals surface area contributed by atoms with Crippen molar-refractivity contribution in [1.29, 1.82) is 0 Å². The Hall–Kier alpha value is -2.17. The first kappa shape index (κ1) is 15.7. The number of phenolic OH excluding ortho intramolecular Hbond substituents is 1. The van der Waals surface area contributed by atoms with Crippen LogP contribution < -0.4 is 0 Å².